The van der Waals surface area contributed by atoms with E-state index in [-0.39, 0.29) is 22.5 Å². The number of nitrogens with zero attached hydrogens (tertiary/aromatic N) is 2. The fourth-order valence-corrected chi connectivity index (χ4v) is 1.46. The monoisotopic (exact) mass is 271 g/mol. The fourth-order valence-electron chi connectivity index (χ4n) is 1.23. The summed E-state index contributed by atoms with van der Waals surface area (Å²) in [6.45, 7) is 1.66. The maximum absolute atomic E-state index is 13.4. The number of rotatable bonds is 2. The molecule has 0 aliphatic rings. The largest absolute Gasteiger partial charge is 0.433 e. The number of aromatic nitrogens is 2. The number of benzene rings is 1. The SMILES string of the molecule is Cc1ncc(Oc2c(F)cc(F)cc2Cl)nc1N. The lowest BCUT2D eigenvalue weighted by Crippen LogP contribution is -2.00. The van der Waals surface area contributed by atoms with Gasteiger partial charge in [0.05, 0.1) is 16.9 Å². The standard InChI is InChI=1S/C11H8ClF2N3O/c1-5-11(15)17-9(4-16-5)18-10-7(12)2-6(13)3-8(10)14/h2-4H,1H3,(H2,15,17). The number of hydrogen-bond acceptors (Lipinski definition) is 4. The molecule has 1 aromatic heterocycles. The lowest BCUT2D eigenvalue weighted by molar-refractivity contribution is 0.422. The molecule has 2 rings (SSSR count). The average molecular weight is 272 g/mol. The van der Waals surface area contributed by atoms with E-state index in [2.05, 4.69) is 9.97 Å². The average Bonchev–Trinajstić information content (AvgIpc) is 2.28. The van der Waals surface area contributed by atoms with Crippen molar-refractivity contribution in [2.75, 3.05) is 5.73 Å². The van der Waals surface area contributed by atoms with Crippen molar-refractivity contribution in [3.8, 4) is 11.6 Å². The summed E-state index contributed by atoms with van der Waals surface area (Å²) in [5, 5.41) is -0.201. The van der Waals surface area contributed by atoms with Gasteiger partial charge in [0.2, 0.25) is 5.88 Å². The van der Waals surface area contributed by atoms with Crippen LogP contribution in [0.4, 0.5) is 14.6 Å². The van der Waals surface area contributed by atoms with Gasteiger partial charge in [-0.3, -0.25) is 4.98 Å². The van der Waals surface area contributed by atoms with Crippen LogP contribution < -0.4 is 10.5 Å². The van der Waals surface area contributed by atoms with E-state index in [0.29, 0.717) is 11.8 Å². The molecule has 1 aromatic carbocycles. The Bertz CT molecular complexity index is 584. The summed E-state index contributed by atoms with van der Waals surface area (Å²) in [7, 11) is 0. The minimum atomic E-state index is -0.930. The molecule has 1 heterocycles. The van der Waals surface area contributed by atoms with E-state index in [9.17, 15) is 8.78 Å². The summed E-state index contributed by atoms with van der Waals surface area (Å²) in [5.41, 5.74) is 6.06. The molecule has 0 aliphatic carbocycles. The number of halogens is 3. The van der Waals surface area contributed by atoms with E-state index in [1.807, 2.05) is 0 Å². The van der Waals surface area contributed by atoms with Crippen LogP contribution in [-0.4, -0.2) is 9.97 Å². The molecule has 0 spiro atoms. The van der Waals surface area contributed by atoms with Crippen LogP contribution >= 0.6 is 11.6 Å². The maximum atomic E-state index is 13.4. The number of nitrogen functional groups attached to an aromatic ring is 1. The van der Waals surface area contributed by atoms with Crippen LogP contribution in [0.5, 0.6) is 11.6 Å². The van der Waals surface area contributed by atoms with E-state index < -0.39 is 11.6 Å². The molecule has 0 bridgehead atoms. The predicted molar refractivity (Wildman–Crippen MR) is 62.6 cm³/mol. The van der Waals surface area contributed by atoms with Crippen LogP contribution in [0.3, 0.4) is 0 Å². The Balaban J connectivity index is 2.37. The Kier molecular flexibility index (Phi) is 3.29. The van der Waals surface area contributed by atoms with E-state index in [1.54, 1.807) is 6.92 Å². The molecular weight excluding hydrogens is 264 g/mol. The second-order valence-electron chi connectivity index (χ2n) is 3.48. The van der Waals surface area contributed by atoms with Crippen molar-refractivity contribution >= 4 is 17.4 Å². The van der Waals surface area contributed by atoms with Crippen molar-refractivity contribution in [1.29, 1.82) is 0 Å². The number of anilines is 1. The van der Waals surface area contributed by atoms with Gasteiger partial charge in [0, 0.05) is 6.07 Å². The highest BCUT2D eigenvalue weighted by atomic mass is 35.5. The molecule has 0 aliphatic heterocycles. The van der Waals surface area contributed by atoms with Crippen molar-refractivity contribution in [2.24, 2.45) is 0 Å². The van der Waals surface area contributed by atoms with Crippen molar-refractivity contribution < 1.29 is 13.5 Å². The zero-order valence-corrected chi connectivity index (χ0v) is 10.0. The Morgan fingerprint density at radius 3 is 2.67 bits per heavy atom. The first-order chi connectivity index (χ1) is 8.47. The molecule has 0 amide bonds. The molecule has 18 heavy (non-hydrogen) atoms. The van der Waals surface area contributed by atoms with Gasteiger partial charge in [-0.1, -0.05) is 11.6 Å². The Hall–Kier alpha value is -1.95. The summed E-state index contributed by atoms with van der Waals surface area (Å²) in [4.78, 5) is 7.75. The van der Waals surface area contributed by atoms with E-state index >= 15 is 0 Å². The fraction of sp³-hybridized carbons (Fsp3) is 0.0909. The third-order valence-corrected chi connectivity index (χ3v) is 2.42. The molecule has 0 fully saturated rings. The summed E-state index contributed by atoms with van der Waals surface area (Å²) in [6.07, 6.45) is 1.27. The minimum absolute atomic E-state index is 0.0227. The van der Waals surface area contributed by atoms with Crippen molar-refractivity contribution in [3.63, 3.8) is 0 Å². The first-order valence-electron chi connectivity index (χ1n) is 4.89. The Morgan fingerprint density at radius 2 is 2.06 bits per heavy atom. The lowest BCUT2D eigenvalue weighted by Gasteiger charge is -2.08. The van der Waals surface area contributed by atoms with Crippen LogP contribution in [0, 0.1) is 18.6 Å². The third-order valence-electron chi connectivity index (χ3n) is 2.14. The Labute approximate surface area is 106 Å². The van der Waals surface area contributed by atoms with Gasteiger partial charge in [0.1, 0.15) is 11.6 Å². The highest BCUT2D eigenvalue weighted by Crippen LogP contribution is 2.32. The number of aryl methyl sites for hydroxylation is 1. The number of ether oxygens (including phenoxy) is 1. The molecule has 0 radical (unpaired) electrons. The molecule has 0 atom stereocenters. The van der Waals surface area contributed by atoms with Gasteiger partial charge in [-0.2, -0.15) is 4.98 Å². The first kappa shape index (κ1) is 12.5. The van der Waals surface area contributed by atoms with Crippen LogP contribution in [0.25, 0.3) is 0 Å². The minimum Gasteiger partial charge on any atom is -0.433 e. The Morgan fingerprint density at radius 1 is 1.33 bits per heavy atom. The molecule has 0 unspecified atom stereocenters. The second kappa shape index (κ2) is 4.73. The maximum Gasteiger partial charge on any atom is 0.240 e. The van der Waals surface area contributed by atoms with Gasteiger partial charge in [0.25, 0.3) is 0 Å². The van der Waals surface area contributed by atoms with Crippen LogP contribution in [-0.2, 0) is 0 Å². The smallest absolute Gasteiger partial charge is 0.240 e. The summed E-state index contributed by atoms with van der Waals surface area (Å²) >= 11 is 5.67. The van der Waals surface area contributed by atoms with Crippen molar-refractivity contribution in [2.45, 2.75) is 6.92 Å². The quantitative estimate of drug-likeness (QED) is 0.912. The summed E-state index contributed by atoms with van der Waals surface area (Å²) in [6, 6.07) is 1.59. The van der Waals surface area contributed by atoms with E-state index in [4.69, 9.17) is 22.1 Å². The van der Waals surface area contributed by atoms with Gasteiger partial charge < -0.3 is 10.5 Å². The summed E-state index contributed by atoms with van der Waals surface area (Å²) in [5.74, 6) is -1.91. The van der Waals surface area contributed by atoms with Crippen molar-refractivity contribution in [3.05, 3.63) is 40.7 Å². The molecule has 7 heteroatoms. The lowest BCUT2D eigenvalue weighted by atomic mass is 10.3. The first-order valence-corrected chi connectivity index (χ1v) is 5.26. The predicted octanol–water partition coefficient (Wildman–Crippen LogP) is 3.09. The van der Waals surface area contributed by atoms with Gasteiger partial charge in [-0.25, -0.2) is 8.78 Å². The number of hydrogen-bond donors (Lipinski definition) is 1. The molecule has 0 saturated heterocycles. The highest BCUT2D eigenvalue weighted by molar-refractivity contribution is 6.32. The van der Waals surface area contributed by atoms with Crippen molar-refractivity contribution in [1.82, 2.24) is 9.97 Å². The topological polar surface area (TPSA) is 61.0 Å². The molecule has 94 valence electrons. The molecular formula is C11H8ClF2N3O. The van der Waals surface area contributed by atoms with Gasteiger partial charge in [0.15, 0.2) is 11.6 Å². The molecule has 2 N–H and O–H groups in total. The van der Waals surface area contributed by atoms with Crippen LogP contribution in [0.1, 0.15) is 5.69 Å². The van der Waals surface area contributed by atoms with Crippen LogP contribution in [0.2, 0.25) is 5.02 Å². The normalized spacial score (nSPS) is 10.4. The molecule has 2 aromatic rings. The zero-order chi connectivity index (χ0) is 13.3. The van der Waals surface area contributed by atoms with Gasteiger partial charge in [-0.05, 0) is 13.0 Å². The second-order valence-corrected chi connectivity index (χ2v) is 3.89. The number of nitrogens with two attached hydrogens (primary N) is 1. The van der Waals surface area contributed by atoms with Gasteiger partial charge in [-0.15, -0.1) is 0 Å². The summed E-state index contributed by atoms with van der Waals surface area (Å²) < 4.78 is 31.4. The highest BCUT2D eigenvalue weighted by Gasteiger charge is 2.13. The van der Waals surface area contributed by atoms with Crippen LogP contribution in [0.15, 0.2) is 18.3 Å². The molecule has 4 nitrogen and oxygen atoms in total. The van der Waals surface area contributed by atoms with E-state index in [1.165, 1.54) is 6.20 Å². The van der Waals surface area contributed by atoms with Gasteiger partial charge >= 0.3 is 0 Å². The zero-order valence-electron chi connectivity index (χ0n) is 9.25. The third kappa shape index (κ3) is 2.48. The molecule has 0 saturated carbocycles. The van der Waals surface area contributed by atoms with E-state index in [0.717, 1.165) is 6.07 Å².